The molecule has 4 nitrogen and oxygen atoms in total. The van der Waals surface area contributed by atoms with Crippen LogP contribution in [-0.4, -0.2) is 21.0 Å². The summed E-state index contributed by atoms with van der Waals surface area (Å²) >= 11 is 0. The Morgan fingerprint density at radius 2 is 1.71 bits per heavy atom. The molecule has 0 fully saturated rings. The monoisotopic (exact) mass is 312 g/mol. The minimum Gasteiger partial charge on any atom is -0.316 e. The Balaban J connectivity index is 2.98. The van der Waals surface area contributed by atoms with Crippen molar-refractivity contribution >= 4 is 10.0 Å². The van der Waals surface area contributed by atoms with Gasteiger partial charge in [0.05, 0.1) is 4.90 Å². The highest BCUT2D eigenvalue weighted by molar-refractivity contribution is 7.89. The molecule has 0 amide bonds. The minimum atomic E-state index is -3.51. The molecule has 0 aromatic heterocycles. The summed E-state index contributed by atoms with van der Waals surface area (Å²) in [5.41, 5.74) is 0.518. The first-order chi connectivity index (χ1) is 9.45. The van der Waals surface area contributed by atoms with Gasteiger partial charge >= 0.3 is 0 Å². The summed E-state index contributed by atoms with van der Waals surface area (Å²) in [6.07, 6.45) is 0.759. The molecule has 0 radical (unpaired) electrons. The Kier molecular flexibility index (Phi) is 5.58. The largest absolute Gasteiger partial charge is 0.316 e. The van der Waals surface area contributed by atoms with Crippen molar-refractivity contribution < 1.29 is 8.42 Å². The number of hydrogen-bond donors (Lipinski definition) is 2. The number of sulfonamides is 1. The Morgan fingerprint density at radius 3 is 2.24 bits per heavy atom. The molecule has 0 unspecified atom stereocenters. The molecular weight excluding hydrogens is 284 g/mol. The van der Waals surface area contributed by atoms with Gasteiger partial charge in [0, 0.05) is 12.1 Å². The Hall–Kier alpha value is -0.910. The zero-order chi connectivity index (χ0) is 16.3. The van der Waals surface area contributed by atoms with E-state index in [1.165, 1.54) is 0 Å². The second-order valence-corrected chi connectivity index (χ2v) is 9.09. The van der Waals surface area contributed by atoms with Gasteiger partial charge in [0.15, 0.2) is 0 Å². The number of hydrogen-bond acceptors (Lipinski definition) is 3. The third-order valence-corrected chi connectivity index (χ3v) is 4.67. The summed E-state index contributed by atoms with van der Waals surface area (Å²) in [4.78, 5) is 0.317. The normalized spacial score (nSPS) is 13.4. The first-order valence-electron chi connectivity index (χ1n) is 7.23. The Bertz CT molecular complexity index is 572. The van der Waals surface area contributed by atoms with E-state index in [4.69, 9.17) is 0 Å². The second kappa shape index (κ2) is 6.46. The van der Waals surface area contributed by atoms with Gasteiger partial charge in [0.2, 0.25) is 10.0 Å². The summed E-state index contributed by atoms with van der Waals surface area (Å²) in [7, 11) is -1.67. The van der Waals surface area contributed by atoms with E-state index in [1.807, 2.05) is 27.0 Å². The fraction of sp³-hybridized carbons (Fsp3) is 0.625. The van der Waals surface area contributed by atoms with Gasteiger partial charge in [-0.3, -0.25) is 0 Å². The highest BCUT2D eigenvalue weighted by Gasteiger charge is 2.30. The van der Waals surface area contributed by atoms with Crippen molar-refractivity contribution in [1.82, 2.24) is 10.0 Å². The van der Waals surface area contributed by atoms with E-state index in [1.54, 1.807) is 18.2 Å². The first-order valence-corrected chi connectivity index (χ1v) is 8.71. The summed E-state index contributed by atoms with van der Waals surface area (Å²) in [5.74, 6) is 0. The van der Waals surface area contributed by atoms with E-state index in [9.17, 15) is 8.42 Å². The molecule has 1 rings (SSSR count). The Morgan fingerprint density at radius 1 is 1.10 bits per heavy atom. The lowest BCUT2D eigenvalue weighted by Gasteiger charge is -2.33. The molecule has 0 saturated carbocycles. The zero-order valence-electron chi connectivity index (χ0n) is 13.9. The molecule has 5 heteroatoms. The van der Waals surface area contributed by atoms with Crippen LogP contribution < -0.4 is 10.0 Å². The van der Waals surface area contributed by atoms with Crippen molar-refractivity contribution in [1.29, 1.82) is 0 Å². The second-order valence-electron chi connectivity index (χ2n) is 7.40. The van der Waals surface area contributed by atoms with Crippen LogP contribution in [-0.2, 0) is 16.6 Å². The zero-order valence-corrected chi connectivity index (χ0v) is 14.8. The summed E-state index contributed by atoms with van der Waals surface area (Å²) < 4.78 is 27.9. The van der Waals surface area contributed by atoms with Crippen LogP contribution in [0.4, 0.5) is 0 Å². The van der Waals surface area contributed by atoms with Gasteiger partial charge in [-0.2, -0.15) is 0 Å². The van der Waals surface area contributed by atoms with Crippen LogP contribution in [0, 0.1) is 5.41 Å². The lowest BCUT2D eigenvalue weighted by molar-refractivity contribution is 0.269. The van der Waals surface area contributed by atoms with Crippen LogP contribution in [0.1, 0.15) is 46.6 Å². The third-order valence-electron chi connectivity index (χ3n) is 2.97. The first kappa shape index (κ1) is 18.1. The Labute approximate surface area is 129 Å². The smallest absolute Gasteiger partial charge is 0.241 e. The van der Waals surface area contributed by atoms with Gasteiger partial charge in [-0.25, -0.2) is 13.1 Å². The SMILES string of the molecule is CNCc1cccc(S(=O)(=O)NC(C)(C)CC(C)(C)C)c1. The number of benzene rings is 1. The molecule has 1 aromatic rings. The quantitative estimate of drug-likeness (QED) is 0.849. The maximum absolute atomic E-state index is 12.6. The van der Waals surface area contributed by atoms with Crippen LogP contribution in [0.25, 0.3) is 0 Å². The lowest BCUT2D eigenvalue weighted by Crippen LogP contribution is -2.45. The van der Waals surface area contributed by atoms with E-state index in [0.29, 0.717) is 11.4 Å². The van der Waals surface area contributed by atoms with Gasteiger partial charge < -0.3 is 5.32 Å². The van der Waals surface area contributed by atoms with E-state index in [2.05, 4.69) is 30.8 Å². The van der Waals surface area contributed by atoms with Gasteiger partial charge in [-0.15, -0.1) is 0 Å². The molecule has 0 bridgehead atoms. The van der Waals surface area contributed by atoms with Crippen LogP contribution >= 0.6 is 0 Å². The van der Waals surface area contributed by atoms with Crippen molar-refractivity contribution in [3.63, 3.8) is 0 Å². The van der Waals surface area contributed by atoms with Crippen LogP contribution in [0.3, 0.4) is 0 Å². The molecule has 0 atom stereocenters. The molecule has 0 spiro atoms. The molecule has 0 saturated heterocycles. The maximum atomic E-state index is 12.6. The number of nitrogens with one attached hydrogen (secondary N) is 2. The van der Waals surface area contributed by atoms with Gasteiger partial charge in [0.25, 0.3) is 0 Å². The lowest BCUT2D eigenvalue weighted by atomic mass is 9.82. The number of rotatable bonds is 6. The maximum Gasteiger partial charge on any atom is 0.241 e. The molecule has 0 aliphatic carbocycles. The molecule has 0 heterocycles. The van der Waals surface area contributed by atoms with Crippen molar-refractivity contribution in [2.24, 2.45) is 5.41 Å². The highest BCUT2D eigenvalue weighted by atomic mass is 32.2. The summed E-state index contributed by atoms with van der Waals surface area (Å²) in [5, 5.41) is 3.03. The predicted octanol–water partition coefficient (Wildman–Crippen LogP) is 2.90. The molecular formula is C16H28N2O2S. The van der Waals surface area contributed by atoms with Crippen molar-refractivity contribution in [2.75, 3.05) is 7.05 Å². The molecule has 0 aliphatic heterocycles. The van der Waals surface area contributed by atoms with Crippen LogP contribution in [0.2, 0.25) is 0 Å². The molecule has 2 N–H and O–H groups in total. The van der Waals surface area contributed by atoms with Gasteiger partial charge in [-0.1, -0.05) is 32.9 Å². The highest BCUT2D eigenvalue weighted by Crippen LogP contribution is 2.28. The topological polar surface area (TPSA) is 58.2 Å². The summed E-state index contributed by atoms with van der Waals surface area (Å²) in [6.45, 7) is 10.8. The molecule has 120 valence electrons. The molecule has 21 heavy (non-hydrogen) atoms. The molecule has 0 aliphatic rings. The average molecular weight is 312 g/mol. The fourth-order valence-electron chi connectivity index (χ4n) is 2.81. The van der Waals surface area contributed by atoms with Crippen molar-refractivity contribution in [3.05, 3.63) is 29.8 Å². The van der Waals surface area contributed by atoms with Gasteiger partial charge in [0.1, 0.15) is 0 Å². The standard InChI is InChI=1S/C16H28N2O2S/c1-15(2,3)12-16(4,5)18-21(19,20)14-9-7-8-13(10-14)11-17-6/h7-10,17-18H,11-12H2,1-6H3. The summed E-state index contributed by atoms with van der Waals surface area (Å²) in [6, 6.07) is 7.04. The average Bonchev–Trinajstić information content (AvgIpc) is 2.24. The minimum absolute atomic E-state index is 0.0556. The third kappa shape index (κ3) is 6.16. The van der Waals surface area contributed by atoms with Crippen molar-refractivity contribution in [3.8, 4) is 0 Å². The fourth-order valence-corrected chi connectivity index (χ4v) is 4.29. The van der Waals surface area contributed by atoms with Crippen LogP contribution in [0.15, 0.2) is 29.2 Å². The van der Waals surface area contributed by atoms with E-state index in [0.717, 1.165) is 12.0 Å². The predicted molar refractivity (Wildman–Crippen MR) is 87.7 cm³/mol. The van der Waals surface area contributed by atoms with E-state index >= 15 is 0 Å². The van der Waals surface area contributed by atoms with Crippen molar-refractivity contribution in [2.45, 2.75) is 58.0 Å². The molecule has 1 aromatic carbocycles. The van der Waals surface area contributed by atoms with E-state index in [-0.39, 0.29) is 5.41 Å². The van der Waals surface area contributed by atoms with E-state index < -0.39 is 15.6 Å². The van der Waals surface area contributed by atoms with Crippen LogP contribution in [0.5, 0.6) is 0 Å². The van der Waals surface area contributed by atoms with Gasteiger partial charge in [-0.05, 0) is 50.4 Å².